The number of hydrogen-bond acceptors (Lipinski definition) is 2. The first-order valence-electron chi connectivity index (χ1n) is 9.52. The third-order valence-electron chi connectivity index (χ3n) is 4.14. The number of ether oxygens (including phenoxy) is 1. The lowest BCUT2D eigenvalue weighted by Crippen LogP contribution is -2.17. The zero-order valence-electron chi connectivity index (χ0n) is 15.9. The van der Waals surface area contributed by atoms with E-state index >= 15 is 0 Å². The van der Waals surface area contributed by atoms with Crippen LogP contribution in [0.25, 0.3) is 0 Å². The monoisotopic (exact) mass is 312 g/mol. The quantitative estimate of drug-likeness (QED) is 0.351. The molecule has 0 aromatic heterocycles. The Kier molecular flexibility index (Phi) is 12.9. The van der Waals surface area contributed by atoms with Crippen molar-refractivity contribution < 1.29 is 9.53 Å². The molecule has 0 bridgehead atoms. The van der Waals surface area contributed by atoms with Crippen molar-refractivity contribution >= 4 is 5.78 Å². The second kappa shape index (κ2) is 13.1. The molecule has 1 atom stereocenters. The van der Waals surface area contributed by atoms with Crippen LogP contribution in [0.2, 0.25) is 0 Å². The summed E-state index contributed by atoms with van der Waals surface area (Å²) in [6.07, 6.45) is 12.2. The molecule has 0 rings (SSSR count). The fourth-order valence-corrected chi connectivity index (χ4v) is 2.58. The maximum absolute atomic E-state index is 12.0. The summed E-state index contributed by atoms with van der Waals surface area (Å²) in [5.74, 6) is 0.387. The lowest BCUT2D eigenvalue weighted by molar-refractivity contribution is -0.122. The van der Waals surface area contributed by atoms with E-state index in [-0.39, 0.29) is 6.10 Å². The van der Waals surface area contributed by atoms with E-state index in [0.29, 0.717) is 17.6 Å². The van der Waals surface area contributed by atoms with Crippen molar-refractivity contribution in [1.82, 2.24) is 0 Å². The second-order valence-corrected chi connectivity index (χ2v) is 7.83. The molecule has 0 aromatic carbocycles. The first kappa shape index (κ1) is 21.6. The topological polar surface area (TPSA) is 26.3 Å². The second-order valence-electron chi connectivity index (χ2n) is 7.83. The van der Waals surface area contributed by atoms with E-state index < -0.39 is 0 Å². The van der Waals surface area contributed by atoms with Gasteiger partial charge in [0.15, 0.2) is 0 Å². The predicted molar refractivity (Wildman–Crippen MR) is 96.3 cm³/mol. The van der Waals surface area contributed by atoms with Crippen LogP contribution in [0, 0.1) is 5.41 Å². The maximum Gasteiger partial charge on any atom is 0.135 e. The van der Waals surface area contributed by atoms with Gasteiger partial charge in [-0.1, -0.05) is 66.7 Å². The van der Waals surface area contributed by atoms with E-state index in [2.05, 4.69) is 34.6 Å². The van der Waals surface area contributed by atoms with Gasteiger partial charge in [0.25, 0.3) is 0 Å². The van der Waals surface area contributed by atoms with Crippen molar-refractivity contribution in [3.8, 4) is 0 Å². The zero-order valence-corrected chi connectivity index (χ0v) is 15.9. The number of carbonyl (C=O) groups excluding carboxylic acids is 1. The normalized spacial score (nSPS) is 13.3. The summed E-state index contributed by atoms with van der Waals surface area (Å²) < 4.78 is 5.77. The summed E-state index contributed by atoms with van der Waals surface area (Å²) >= 11 is 0. The molecule has 0 amide bonds. The van der Waals surface area contributed by atoms with Crippen LogP contribution in [0.15, 0.2) is 0 Å². The Balaban J connectivity index is 3.55. The molecule has 0 saturated heterocycles. The standard InChI is InChI=1S/C20H40O2/c1-6-8-16-22-19(7-2)17-18(21)14-12-10-9-11-13-15-20(3,4)5/h19H,6-17H2,1-5H3. The highest BCUT2D eigenvalue weighted by Crippen LogP contribution is 2.22. The number of Topliss-reactive ketones (excluding diaryl/α,β-unsaturated/α-hetero) is 1. The molecule has 1 unspecified atom stereocenters. The Morgan fingerprint density at radius 1 is 0.955 bits per heavy atom. The summed E-state index contributed by atoms with van der Waals surface area (Å²) in [5.41, 5.74) is 0.461. The van der Waals surface area contributed by atoms with Crippen molar-refractivity contribution in [3.63, 3.8) is 0 Å². The van der Waals surface area contributed by atoms with Gasteiger partial charge in [-0.2, -0.15) is 0 Å². The van der Waals surface area contributed by atoms with Gasteiger partial charge in [0.2, 0.25) is 0 Å². The van der Waals surface area contributed by atoms with Crippen molar-refractivity contribution in [2.24, 2.45) is 5.41 Å². The zero-order chi connectivity index (χ0) is 16.8. The highest BCUT2D eigenvalue weighted by molar-refractivity contribution is 5.78. The fraction of sp³-hybridized carbons (Fsp3) is 0.950. The van der Waals surface area contributed by atoms with Crippen LogP contribution in [-0.4, -0.2) is 18.5 Å². The molecule has 22 heavy (non-hydrogen) atoms. The van der Waals surface area contributed by atoms with Gasteiger partial charge < -0.3 is 4.74 Å². The van der Waals surface area contributed by atoms with E-state index in [1.54, 1.807) is 0 Å². The predicted octanol–water partition coefficient (Wildman–Crippen LogP) is 6.32. The number of rotatable bonds is 14. The Morgan fingerprint density at radius 3 is 2.18 bits per heavy atom. The minimum absolute atomic E-state index is 0.144. The van der Waals surface area contributed by atoms with Gasteiger partial charge in [-0.25, -0.2) is 0 Å². The summed E-state index contributed by atoms with van der Waals surface area (Å²) in [7, 11) is 0. The molecule has 0 heterocycles. The number of carbonyl (C=O) groups is 1. The number of hydrogen-bond donors (Lipinski definition) is 0. The van der Waals surface area contributed by atoms with E-state index in [1.165, 1.54) is 32.1 Å². The first-order valence-corrected chi connectivity index (χ1v) is 9.52. The smallest absolute Gasteiger partial charge is 0.135 e. The highest BCUT2D eigenvalue weighted by Gasteiger charge is 2.12. The van der Waals surface area contributed by atoms with E-state index in [4.69, 9.17) is 4.74 Å². The number of unbranched alkanes of at least 4 members (excludes halogenated alkanes) is 5. The van der Waals surface area contributed by atoms with Gasteiger partial charge in [-0.3, -0.25) is 4.79 Å². The van der Waals surface area contributed by atoms with E-state index in [0.717, 1.165) is 38.7 Å². The van der Waals surface area contributed by atoms with E-state index in [9.17, 15) is 4.79 Å². The molecule has 132 valence electrons. The summed E-state index contributed by atoms with van der Waals surface area (Å²) in [4.78, 5) is 12.0. The molecule has 0 saturated carbocycles. The first-order chi connectivity index (χ1) is 10.4. The van der Waals surface area contributed by atoms with Crippen LogP contribution in [0.4, 0.5) is 0 Å². The third kappa shape index (κ3) is 14.6. The van der Waals surface area contributed by atoms with Gasteiger partial charge in [0.05, 0.1) is 6.10 Å². The largest absolute Gasteiger partial charge is 0.378 e. The lowest BCUT2D eigenvalue weighted by Gasteiger charge is -2.17. The maximum atomic E-state index is 12.0. The molecule has 0 aliphatic heterocycles. The average Bonchev–Trinajstić information content (AvgIpc) is 2.44. The molecule has 2 heteroatoms. The van der Waals surface area contributed by atoms with Crippen LogP contribution in [0.5, 0.6) is 0 Å². The number of ketones is 1. The molecule has 0 fully saturated rings. The third-order valence-corrected chi connectivity index (χ3v) is 4.14. The van der Waals surface area contributed by atoms with Crippen LogP contribution < -0.4 is 0 Å². The Morgan fingerprint density at radius 2 is 1.59 bits per heavy atom. The highest BCUT2D eigenvalue weighted by atomic mass is 16.5. The lowest BCUT2D eigenvalue weighted by atomic mass is 9.89. The summed E-state index contributed by atoms with van der Waals surface area (Å²) in [6, 6.07) is 0. The van der Waals surface area contributed by atoms with Crippen LogP contribution in [0.1, 0.15) is 105 Å². The Labute approximate surface area is 139 Å². The fourth-order valence-electron chi connectivity index (χ4n) is 2.58. The van der Waals surface area contributed by atoms with E-state index in [1.807, 2.05) is 0 Å². The molecular formula is C20H40O2. The van der Waals surface area contributed by atoms with Gasteiger partial charge in [0, 0.05) is 19.4 Å². The van der Waals surface area contributed by atoms with Crippen molar-refractivity contribution in [1.29, 1.82) is 0 Å². The van der Waals surface area contributed by atoms with Gasteiger partial charge in [-0.05, 0) is 31.1 Å². The molecular weight excluding hydrogens is 272 g/mol. The average molecular weight is 313 g/mol. The van der Waals surface area contributed by atoms with Crippen molar-refractivity contribution in [2.75, 3.05) is 6.61 Å². The summed E-state index contributed by atoms with van der Waals surface area (Å²) in [5, 5.41) is 0. The minimum atomic E-state index is 0.144. The van der Waals surface area contributed by atoms with Crippen LogP contribution in [-0.2, 0) is 9.53 Å². The van der Waals surface area contributed by atoms with Crippen LogP contribution in [0.3, 0.4) is 0 Å². The molecule has 0 radical (unpaired) electrons. The Hall–Kier alpha value is -0.370. The van der Waals surface area contributed by atoms with Crippen molar-refractivity contribution in [3.05, 3.63) is 0 Å². The SMILES string of the molecule is CCCCOC(CC)CC(=O)CCCCCCCC(C)(C)C. The minimum Gasteiger partial charge on any atom is -0.378 e. The molecule has 0 aliphatic rings. The van der Waals surface area contributed by atoms with Gasteiger partial charge in [0.1, 0.15) is 5.78 Å². The molecule has 0 spiro atoms. The molecule has 2 nitrogen and oxygen atoms in total. The van der Waals surface area contributed by atoms with Crippen molar-refractivity contribution in [2.45, 2.75) is 111 Å². The Bertz CT molecular complexity index is 265. The van der Waals surface area contributed by atoms with Crippen LogP contribution >= 0.6 is 0 Å². The summed E-state index contributed by atoms with van der Waals surface area (Å²) in [6.45, 7) is 12.0. The van der Waals surface area contributed by atoms with Gasteiger partial charge in [-0.15, -0.1) is 0 Å². The molecule has 0 aromatic rings. The molecule has 0 aliphatic carbocycles. The molecule has 0 N–H and O–H groups in total. The van der Waals surface area contributed by atoms with Gasteiger partial charge >= 0.3 is 0 Å².